The van der Waals surface area contributed by atoms with Crippen LogP contribution in [0.15, 0.2) is 33.7 Å². The summed E-state index contributed by atoms with van der Waals surface area (Å²) in [5, 5.41) is 8.16. The number of likely N-dealkylation sites (N-methyl/N-ethyl adjacent to an activating group) is 1. The predicted octanol–water partition coefficient (Wildman–Crippen LogP) is 4.12. The molecule has 114 valence electrons. The molecule has 2 rings (SSSR count). The predicted molar refractivity (Wildman–Crippen MR) is 86.9 cm³/mol. The number of nitrogens with zero attached hydrogens (tertiary/aromatic N) is 2. The summed E-state index contributed by atoms with van der Waals surface area (Å²) in [4.78, 5) is 5.50. The lowest BCUT2D eigenvalue weighted by atomic mass is 10.0. The van der Waals surface area contributed by atoms with Crippen LogP contribution in [0.5, 0.6) is 0 Å². The smallest absolute Gasteiger partial charge is 0.231 e. The largest absolute Gasteiger partial charge is 0.339 e. The highest BCUT2D eigenvalue weighted by molar-refractivity contribution is 7.98. The van der Waals surface area contributed by atoms with E-state index in [4.69, 9.17) is 16.1 Å². The molecule has 1 heterocycles. The maximum Gasteiger partial charge on any atom is 0.231 e. The van der Waals surface area contributed by atoms with Crippen LogP contribution in [-0.2, 0) is 5.75 Å². The number of aromatic nitrogens is 2. The highest BCUT2D eigenvalue weighted by Gasteiger charge is 2.20. The van der Waals surface area contributed by atoms with E-state index in [1.165, 1.54) is 0 Å². The number of nitrogens with one attached hydrogen (secondary N) is 1. The van der Waals surface area contributed by atoms with Crippen molar-refractivity contribution >= 4 is 23.4 Å². The lowest BCUT2D eigenvalue weighted by Crippen LogP contribution is -2.30. The molecule has 1 aromatic carbocycles. The van der Waals surface area contributed by atoms with E-state index in [1.54, 1.807) is 11.8 Å². The molecule has 2 aromatic rings. The van der Waals surface area contributed by atoms with Gasteiger partial charge in [-0.1, -0.05) is 42.7 Å². The molecule has 4 nitrogen and oxygen atoms in total. The molecule has 0 amide bonds. The van der Waals surface area contributed by atoms with E-state index >= 15 is 0 Å². The average Bonchev–Trinajstić information content (AvgIpc) is 2.95. The molecular formula is C15H20ClN3OS. The first-order valence-corrected chi connectivity index (χ1v) is 8.41. The Hall–Kier alpha value is -1.04. The minimum absolute atomic E-state index is 0.191. The maximum atomic E-state index is 6.13. The van der Waals surface area contributed by atoms with Gasteiger partial charge in [-0.15, -0.1) is 11.8 Å². The topological polar surface area (TPSA) is 51.0 Å². The molecule has 0 aliphatic carbocycles. The van der Waals surface area contributed by atoms with Crippen molar-refractivity contribution in [2.75, 3.05) is 6.54 Å². The van der Waals surface area contributed by atoms with Crippen molar-refractivity contribution in [3.63, 3.8) is 0 Å². The molecule has 6 heteroatoms. The van der Waals surface area contributed by atoms with Crippen LogP contribution in [0.1, 0.15) is 38.4 Å². The molecular weight excluding hydrogens is 306 g/mol. The zero-order chi connectivity index (χ0) is 15.2. The van der Waals surface area contributed by atoms with E-state index in [1.807, 2.05) is 24.3 Å². The first-order chi connectivity index (χ1) is 10.1. The standard InChI is InChI=1S/C15H20ClN3OS/c1-4-17-11(3)10(2)15-18-14(19-20-15)9-21-13-8-6-5-7-12(13)16/h5-8,10-11,17H,4,9H2,1-3H3. The van der Waals surface area contributed by atoms with E-state index < -0.39 is 0 Å². The van der Waals surface area contributed by atoms with Gasteiger partial charge in [0.05, 0.1) is 16.7 Å². The fraction of sp³-hybridized carbons (Fsp3) is 0.467. The van der Waals surface area contributed by atoms with Gasteiger partial charge < -0.3 is 9.84 Å². The third kappa shape index (κ3) is 4.46. The summed E-state index contributed by atoms with van der Waals surface area (Å²) in [5.74, 6) is 2.22. The van der Waals surface area contributed by atoms with Crippen LogP contribution in [0.2, 0.25) is 5.02 Å². The molecule has 1 aromatic heterocycles. The molecule has 0 aliphatic rings. The second-order valence-electron chi connectivity index (χ2n) is 4.90. The summed E-state index contributed by atoms with van der Waals surface area (Å²) in [6.45, 7) is 7.22. The molecule has 0 saturated carbocycles. The van der Waals surface area contributed by atoms with Gasteiger partial charge in [-0.3, -0.25) is 0 Å². The zero-order valence-electron chi connectivity index (χ0n) is 12.5. The second-order valence-corrected chi connectivity index (χ2v) is 6.33. The van der Waals surface area contributed by atoms with E-state index in [9.17, 15) is 0 Å². The molecule has 0 aliphatic heterocycles. The van der Waals surface area contributed by atoms with Crippen LogP contribution in [0.25, 0.3) is 0 Å². The van der Waals surface area contributed by atoms with Crippen LogP contribution in [0, 0.1) is 0 Å². The van der Waals surface area contributed by atoms with Gasteiger partial charge in [-0.05, 0) is 25.6 Å². The maximum absolute atomic E-state index is 6.13. The Morgan fingerprint density at radius 2 is 2.10 bits per heavy atom. The van der Waals surface area contributed by atoms with Gasteiger partial charge in [0.15, 0.2) is 5.82 Å². The molecule has 2 unspecified atom stereocenters. The molecule has 21 heavy (non-hydrogen) atoms. The zero-order valence-corrected chi connectivity index (χ0v) is 14.0. The van der Waals surface area contributed by atoms with Crippen molar-refractivity contribution < 1.29 is 4.52 Å². The van der Waals surface area contributed by atoms with Gasteiger partial charge in [-0.2, -0.15) is 4.98 Å². The van der Waals surface area contributed by atoms with Crippen LogP contribution in [0.3, 0.4) is 0 Å². The fourth-order valence-electron chi connectivity index (χ4n) is 1.93. The summed E-state index contributed by atoms with van der Waals surface area (Å²) in [6, 6.07) is 8.06. The van der Waals surface area contributed by atoms with Gasteiger partial charge in [0, 0.05) is 10.9 Å². The number of hydrogen-bond acceptors (Lipinski definition) is 5. The molecule has 2 atom stereocenters. The summed E-state index contributed by atoms with van der Waals surface area (Å²) < 4.78 is 5.37. The minimum atomic E-state index is 0.191. The Balaban J connectivity index is 1.96. The number of rotatable bonds is 7. The van der Waals surface area contributed by atoms with Gasteiger partial charge in [-0.25, -0.2) is 0 Å². The molecule has 1 N–H and O–H groups in total. The van der Waals surface area contributed by atoms with Crippen LogP contribution >= 0.6 is 23.4 Å². The summed E-state index contributed by atoms with van der Waals surface area (Å²) >= 11 is 7.74. The van der Waals surface area contributed by atoms with Crippen molar-refractivity contribution in [1.29, 1.82) is 0 Å². The lowest BCUT2D eigenvalue weighted by molar-refractivity contribution is 0.330. The van der Waals surface area contributed by atoms with E-state index in [0.29, 0.717) is 23.5 Å². The second kappa shape index (κ2) is 7.82. The van der Waals surface area contributed by atoms with Crippen LogP contribution < -0.4 is 5.32 Å². The third-order valence-electron chi connectivity index (χ3n) is 3.34. The lowest BCUT2D eigenvalue weighted by Gasteiger charge is -2.16. The van der Waals surface area contributed by atoms with Crippen molar-refractivity contribution in [3.05, 3.63) is 41.0 Å². The van der Waals surface area contributed by atoms with Gasteiger partial charge in [0.2, 0.25) is 5.89 Å². The summed E-state index contributed by atoms with van der Waals surface area (Å²) in [6.07, 6.45) is 0. The Morgan fingerprint density at radius 3 is 2.81 bits per heavy atom. The fourth-order valence-corrected chi connectivity index (χ4v) is 3.01. The number of hydrogen-bond donors (Lipinski definition) is 1. The summed E-state index contributed by atoms with van der Waals surface area (Å²) in [7, 11) is 0. The van der Waals surface area contributed by atoms with E-state index in [-0.39, 0.29) is 5.92 Å². The van der Waals surface area contributed by atoms with Gasteiger partial charge in [0.1, 0.15) is 0 Å². The highest BCUT2D eigenvalue weighted by atomic mass is 35.5. The van der Waals surface area contributed by atoms with Crippen LogP contribution in [0.4, 0.5) is 0 Å². The molecule has 0 spiro atoms. The van der Waals surface area contributed by atoms with Crippen LogP contribution in [-0.4, -0.2) is 22.7 Å². The quantitative estimate of drug-likeness (QED) is 0.776. The number of benzene rings is 1. The Labute approximate surface area is 134 Å². The first kappa shape index (κ1) is 16.3. The van der Waals surface area contributed by atoms with Gasteiger partial charge in [0.25, 0.3) is 0 Å². The first-order valence-electron chi connectivity index (χ1n) is 7.05. The van der Waals surface area contributed by atoms with Crippen molar-refractivity contribution in [2.45, 2.75) is 43.4 Å². The van der Waals surface area contributed by atoms with Crippen molar-refractivity contribution in [2.24, 2.45) is 0 Å². The van der Waals surface area contributed by atoms with E-state index in [0.717, 1.165) is 16.5 Å². The van der Waals surface area contributed by atoms with Crippen molar-refractivity contribution in [3.8, 4) is 0 Å². The van der Waals surface area contributed by atoms with Crippen molar-refractivity contribution in [1.82, 2.24) is 15.5 Å². The van der Waals surface area contributed by atoms with Gasteiger partial charge >= 0.3 is 0 Å². The monoisotopic (exact) mass is 325 g/mol. The molecule has 0 bridgehead atoms. The number of halogens is 1. The highest BCUT2D eigenvalue weighted by Crippen LogP contribution is 2.29. The normalized spacial score (nSPS) is 14.1. The SMILES string of the molecule is CCNC(C)C(C)c1nc(CSc2ccccc2Cl)no1. The average molecular weight is 326 g/mol. The Morgan fingerprint density at radius 1 is 1.33 bits per heavy atom. The number of thioether (sulfide) groups is 1. The Kier molecular flexibility index (Phi) is 6.08. The molecule has 0 radical (unpaired) electrons. The molecule has 0 saturated heterocycles. The minimum Gasteiger partial charge on any atom is -0.339 e. The molecule has 0 fully saturated rings. The van der Waals surface area contributed by atoms with E-state index in [2.05, 4.69) is 36.2 Å². The summed E-state index contributed by atoms with van der Waals surface area (Å²) in [5.41, 5.74) is 0. The Bertz CT molecular complexity index is 576. The third-order valence-corrected chi connectivity index (χ3v) is 4.85.